The topological polar surface area (TPSA) is 84.9 Å². The molecule has 24 heavy (non-hydrogen) atoms. The van der Waals surface area contributed by atoms with E-state index in [1.807, 2.05) is 0 Å². The lowest BCUT2D eigenvalue weighted by molar-refractivity contribution is -0.138. The first-order chi connectivity index (χ1) is 11.5. The summed E-state index contributed by atoms with van der Waals surface area (Å²) >= 11 is 0. The summed E-state index contributed by atoms with van der Waals surface area (Å²) < 4.78 is 10.3. The van der Waals surface area contributed by atoms with Crippen LogP contribution in [0.3, 0.4) is 0 Å². The zero-order valence-electron chi connectivity index (χ0n) is 13.7. The Morgan fingerprint density at radius 3 is 2.25 bits per heavy atom. The van der Waals surface area contributed by atoms with Crippen molar-refractivity contribution in [2.75, 3.05) is 19.5 Å². The second-order valence-electron chi connectivity index (χ2n) is 5.20. The van der Waals surface area contributed by atoms with E-state index in [0.29, 0.717) is 28.3 Å². The number of amides is 1. The predicted molar refractivity (Wildman–Crippen MR) is 90.0 cm³/mol. The molecule has 6 heteroatoms. The summed E-state index contributed by atoms with van der Waals surface area (Å²) in [5.41, 5.74) is 1.57. The number of hydrogen-bond acceptors (Lipinski definition) is 4. The van der Waals surface area contributed by atoms with Crippen LogP contribution < -0.4 is 14.8 Å². The molecule has 2 aromatic rings. The normalized spacial score (nSPS) is 11.5. The number of benzene rings is 2. The fourth-order valence-corrected chi connectivity index (χ4v) is 2.19. The van der Waals surface area contributed by atoms with Crippen molar-refractivity contribution in [1.29, 1.82) is 0 Å². The molecular formula is C18H19NO5. The van der Waals surface area contributed by atoms with Crippen LogP contribution in [0.2, 0.25) is 0 Å². The van der Waals surface area contributed by atoms with Crippen LogP contribution in [0.5, 0.6) is 11.5 Å². The molecule has 0 aliphatic rings. The van der Waals surface area contributed by atoms with Gasteiger partial charge in [0.2, 0.25) is 0 Å². The van der Waals surface area contributed by atoms with E-state index in [0.717, 1.165) is 0 Å². The van der Waals surface area contributed by atoms with Crippen LogP contribution in [-0.2, 0) is 4.79 Å². The van der Waals surface area contributed by atoms with E-state index in [2.05, 4.69) is 5.32 Å². The van der Waals surface area contributed by atoms with E-state index in [9.17, 15) is 9.59 Å². The number of hydrogen-bond donors (Lipinski definition) is 2. The summed E-state index contributed by atoms with van der Waals surface area (Å²) in [5.74, 6) is -0.859. The predicted octanol–water partition coefficient (Wildman–Crippen LogP) is 3.14. The molecule has 0 aliphatic heterocycles. The average Bonchev–Trinajstić information content (AvgIpc) is 2.60. The molecule has 0 fully saturated rings. The molecule has 0 saturated heterocycles. The Morgan fingerprint density at radius 1 is 1.04 bits per heavy atom. The maximum absolute atomic E-state index is 12.4. The van der Waals surface area contributed by atoms with Gasteiger partial charge >= 0.3 is 5.97 Å². The number of anilines is 1. The van der Waals surface area contributed by atoms with Crippen molar-refractivity contribution in [3.63, 3.8) is 0 Å². The second-order valence-corrected chi connectivity index (χ2v) is 5.20. The number of ether oxygens (including phenoxy) is 2. The molecule has 1 atom stereocenters. The lowest BCUT2D eigenvalue weighted by Crippen LogP contribution is -2.13. The van der Waals surface area contributed by atoms with Crippen LogP contribution in [-0.4, -0.2) is 31.2 Å². The van der Waals surface area contributed by atoms with Crippen LogP contribution in [0.15, 0.2) is 42.5 Å². The number of carbonyl (C=O) groups excluding carboxylic acids is 1. The number of methoxy groups -OCH3 is 2. The number of nitrogens with one attached hydrogen (secondary N) is 1. The summed E-state index contributed by atoms with van der Waals surface area (Å²) in [6.45, 7) is 1.61. The summed E-state index contributed by atoms with van der Waals surface area (Å²) in [6, 6.07) is 11.6. The lowest BCUT2D eigenvalue weighted by Gasteiger charge is -2.12. The van der Waals surface area contributed by atoms with Gasteiger partial charge in [0.15, 0.2) is 0 Å². The van der Waals surface area contributed by atoms with Gasteiger partial charge in [0.1, 0.15) is 11.5 Å². The van der Waals surface area contributed by atoms with Crippen molar-refractivity contribution < 1.29 is 24.2 Å². The fraction of sp³-hybridized carbons (Fsp3) is 0.222. The largest absolute Gasteiger partial charge is 0.497 e. The third-order valence-corrected chi connectivity index (χ3v) is 3.69. The molecule has 0 aliphatic carbocycles. The molecule has 0 heterocycles. The van der Waals surface area contributed by atoms with Crippen LogP contribution in [0.25, 0.3) is 0 Å². The first kappa shape index (κ1) is 17.3. The van der Waals surface area contributed by atoms with Crippen molar-refractivity contribution >= 4 is 17.6 Å². The molecular weight excluding hydrogens is 310 g/mol. The van der Waals surface area contributed by atoms with Crippen molar-refractivity contribution in [3.8, 4) is 11.5 Å². The van der Waals surface area contributed by atoms with E-state index >= 15 is 0 Å². The van der Waals surface area contributed by atoms with Crippen LogP contribution in [0.1, 0.15) is 28.8 Å². The van der Waals surface area contributed by atoms with E-state index < -0.39 is 11.9 Å². The first-order valence-electron chi connectivity index (χ1n) is 7.32. The molecule has 2 rings (SSSR count). The van der Waals surface area contributed by atoms with Gasteiger partial charge in [-0.15, -0.1) is 0 Å². The zero-order valence-corrected chi connectivity index (χ0v) is 13.7. The van der Waals surface area contributed by atoms with Gasteiger partial charge in [0.05, 0.1) is 25.7 Å². The smallest absolute Gasteiger partial charge is 0.310 e. The van der Waals surface area contributed by atoms with Gasteiger partial charge in [0, 0.05) is 5.69 Å². The molecule has 0 saturated carbocycles. The minimum absolute atomic E-state index is 0.343. The molecule has 0 bridgehead atoms. The average molecular weight is 329 g/mol. The molecule has 126 valence electrons. The maximum atomic E-state index is 12.4. The molecule has 0 radical (unpaired) electrons. The Morgan fingerprint density at radius 2 is 1.71 bits per heavy atom. The van der Waals surface area contributed by atoms with Crippen molar-refractivity contribution in [1.82, 2.24) is 0 Å². The number of carbonyl (C=O) groups is 2. The third kappa shape index (κ3) is 3.84. The standard InChI is InChI=1S/C18H19NO5/c1-11(18(21)22)12-4-6-13(7-5-12)19-17(20)15-10-14(23-2)8-9-16(15)24-3/h4-11H,1-3H3,(H,19,20)(H,21,22). The van der Waals surface area contributed by atoms with E-state index in [-0.39, 0.29) is 5.91 Å². The SMILES string of the molecule is COc1ccc(OC)c(C(=O)Nc2ccc(C(C)C(=O)O)cc2)c1. The van der Waals surface area contributed by atoms with Crippen LogP contribution >= 0.6 is 0 Å². The van der Waals surface area contributed by atoms with Gasteiger partial charge in [-0.05, 0) is 42.8 Å². The van der Waals surface area contributed by atoms with Gasteiger partial charge < -0.3 is 19.9 Å². The van der Waals surface area contributed by atoms with Crippen molar-refractivity contribution in [2.45, 2.75) is 12.8 Å². The molecule has 6 nitrogen and oxygen atoms in total. The highest BCUT2D eigenvalue weighted by Gasteiger charge is 2.16. The summed E-state index contributed by atoms with van der Waals surface area (Å²) in [5, 5.41) is 11.8. The van der Waals surface area contributed by atoms with Crippen molar-refractivity contribution in [2.24, 2.45) is 0 Å². The minimum Gasteiger partial charge on any atom is -0.497 e. The number of carboxylic acid groups (broad SMARTS) is 1. The molecule has 1 unspecified atom stereocenters. The number of rotatable bonds is 6. The molecule has 2 N–H and O–H groups in total. The Kier molecular flexibility index (Phi) is 5.42. The summed E-state index contributed by atoms with van der Waals surface area (Å²) in [6.07, 6.45) is 0. The zero-order chi connectivity index (χ0) is 17.7. The minimum atomic E-state index is -0.895. The van der Waals surface area contributed by atoms with Gasteiger partial charge in [-0.3, -0.25) is 9.59 Å². The molecule has 0 aromatic heterocycles. The maximum Gasteiger partial charge on any atom is 0.310 e. The van der Waals surface area contributed by atoms with Gasteiger partial charge in [0.25, 0.3) is 5.91 Å². The first-order valence-corrected chi connectivity index (χ1v) is 7.32. The molecule has 1 amide bonds. The van der Waals surface area contributed by atoms with E-state index in [4.69, 9.17) is 14.6 Å². The van der Waals surface area contributed by atoms with E-state index in [1.165, 1.54) is 14.2 Å². The molecule has 2 aromatic carbocycles. The molecule has 0 spiro atoms. The van der Waals surface area contributed by atoms with Gasteiger partial charge in [-0.1, -0.05) is 12.1 Å². The van der Waals surface area contributed by atoms with Crippen LogP contribution in [0, 0.1) is 0 Å². The Labute approximate surface area is 140 Å². The third-order valence-electron chi connectivity index (χ3n) is 3.69. The Balaban J connectivity index is 2.19. The Hall–Kier alpha value is -3.02. The van der Waals surface area contributed by atoms with Crippen molar-refractivity contribution in [3.05, 3.63) is 53.6 Å². The monoisotopic (exact) mass is 329 g/mol. The highest BCUT2D eigenvalue weighted by molar-refractivity contribution is 6.06. The fourth-order valence-electron chi connectivity index (χ4n) is 2.19. The summed E-state index contributed by atoms with van der Waals surface area (Å²) in [4.78, 5) is 23.4. The quantitative estimate of drug-likeness (QED) is 0.850. The lowest BCUT2D eigenvalue weighted by atomic mass is 10.0. The van der Waals surface area contributed by atoms with Gasteiger partial charge in [-0.2, -0.15) is 0 Å². The van der Waals surface area contributed by atoms with Crippen LogP contribution in [0.4, 0.5) is 5.69 Å². The van der Waals surface area contributed by atoms with E-state index in [1.54, 1.807) is 49.4 Å². The second kappa shape index (κ2) is 7.50. The Bertz CT molecular complexity index is 740. The highest BCUT2D eigenvalue weighted by Crippen LogP contribution is 2.25. The van der Waals surface area contributed by atoms with Gasteiger partial charge in [-0.25, -0.2) is 0 Å². The number of aliphatic carboxylic acids is 1. The summed E-state index contributed by atoms with van der Waals surface area (Å²) in [7, 11) is 3.01. The highest BCUT2D eigenvalue weighted by atomic mass is 16.5. The number of carboxylic acids is 1.